The number of fused-ring (bicyclic) bond motifs is 1. The lowest BCUT2D eigenvalue weighted by Crippen LogP contribution is -2.37. The number of thiophene rings is 1. The first-order chi connectivity index (χ1) is 12.1. The number of aromatic nitrogens is 1. The Kier molecular flexibility index (Phi) is 6.92. The summed E-state index contributed by atoms with van der Waals surface area (Å²) in [4.78, 5) is 19.3. The van der Waals surface area contributed by atoms with E-state index >= 15 is 0 Å². The van der Waals surface area contributed by atoms with Gasteiger partial charge in [0.2, 0.25) is 11.8 Å². The number of nitrogens with zero attached hydrogens (tertiary/aromatic N) is 2. The minimum Gasteiger partial charge on any atom is -0.441 e. The fraction of sp³-hybridized carbons (Fsp3) is 0.263. The Balaban J connectivity index is 0.00000131. The summed E-state index contributed by atoms with van der Waals surface area (Å²) >= 11 is 1.59. The third-order valence-electron chi connectivity index (χ3n) is 4.57. The van der Waals surface area contributed by atoms with Crippen molar-refractivity contribution in [3.8, 4) is 11.5 Å². The lowest BCUT2D eigenvalue weighted by atomic mass is 9.99. The first-order valence-electron chi connectivity index (χ1n) is 8.30. The zero-order valence-electron chi connectivity index (χ0n) is 14.8. The molecule has 1 aromatic carbocycles. The Morgan fingerprint density at radius 3 is 2.89 bits per heavy atom. The first-order valence-corrected chi connectivity index (χ1v) is 9.24. The third-order valence-corrected chi connectivity index (χ3v) is 5.25. The second kappa shape index (κ2) is 8.78. The number of halogens is 2. The van der Waals surface area contributed by atoms with E-state index < -0.39 is 0 Å². The van der Waals surface area contributed by atoms with Crippen LogP contribution in [-0.2, 0) is 17.6 Å². The fourth-order valence-electron chi connectivity index (χ4n) is 3.25. The summed E-state index contributed by atoms with van der Waals surface area (Å²) in [5.41, 5.74) is 10.5. The van der Waals surface area contributed by atoms with Crippen LogP contribution in [0.5, 0.6) is 0 Å². The van der Waals surface area contributed by atoms with Crippen LogP contribution in [0.3, 0.4) is 0 Å². The van der Waals surface area contributed by atoms with Crippen molar-refractivity contribution >= 4 is 53.4 Å². The molecule has 2 N–H and O–H groups in total. The van der Waals surface area contributed by atoms with Gasteiger partial charge in [0.25, 0.3) is 0 Å². The fourth-order valence-corrected chi connectivity index (χ4v) is 3.88. The Morgan fingerprint density at radius 2 is 2.15 bits per heavy atom. The van der Waals surface area contributed by atoms with Crippen molar-refractivity contribution in [1.29, 1.82) is 0 Å². The molecule has 5 nitrogen and oxygen atoms in total. The van der Waals surface area contributed by atoms with Crippen LogP contribution in [0, 0.1) is 6.92 Å². The molecule has 1 aliphatic heterocycles. The summed E-state index contributed by atoms with van der Waals surface area (Å²) in [6, 6.07) is 7.72. The highest BCUT2D eigenvalue weighted by Crippen LogP contribution is 2.32. The van der Waals surface area contributed by atoms with Gasteiger partial charge in [0.05, 0.1) is 12.1 Å². The van der Waals surface area contributed by atoms with Crippen molar-refractivity contribution < 1.29 is 9.21 Å². The molecule has 27 heavy (non-hydrogen) atoms. The molecule has 0 bridgehead atoms. The van der Waals surface area contributed by atoms with Crippen molar-refractivity contribution in [1.82, 2.24) is 4.98 Å². The number of anilines is 2. The number of hydrogen-bond donors (Lipinski definition) is 1. The number of nitrogen functional groups attached to an aromatic ring is 1. The number of oxazole rings is 1. The third kappa shape index (κ3) is 4.13. The summed E-state index contributed by atoms with van der Waals surface area (Å²) in [6.07, 6.45) is 2.07. The molecule has 4 rings (SSSR count). The number of rotatable bonds is 3. The highest BCUT2D eigenvalue weighted by atomic mass is 35.5. The SMILES string of the molecule is Cc1oc(-c2ccsc2)nc1CC(=O)N1CCCc2c(N)cccc21.Cl.Cl. The molecular formula is C19H21Cl2N3O2S. The summed E-state index contributed by atoms with van der Waals surface area (Å²) in [7, 11) is 0. The molecule has 3 heterocycles. The lowest BCUT2D eigenvalue weighted by molar-refractivity contribution is -0.118. The minimum atomic E-state index is 0. The minimum absolute atomic E-state index is 0. The summed E-state index contributed by atoms with van der Waals surface area (Å²) in [6.45, 7) is 2.57. The molecule has 8 heteroatoms. The predicted molar refractivity (Wildman–Crippen MR) is 114 cm³/mol. The number of carbonyl (C=O) groups is 1. The molecule has 3 aromatic rings. The van der Waals surface area contributed by atoms with Gasteiger partial charge in [-0.05, 0) is 48.9 Å². The molecule has 0 aliphatic carbocycles. The Hall–Kier alpha value is -2.02. The predicted octanol–water partition coefficient (Wildman–Crippen LogP) is 4.66. The van der Waals surface area contributed by atoms with E-state index in [9.17, 15) is 4.79 Å². The van der Waals surface area contributed by atoms with E-state index in [0.717, 1.165) is 35.3 Å². The normalized spacial score (nSPS) is 12.7. The second-order valence-corrected chi connectivity index (χ2v) is 6.98. The highest BCUT2D eigenvalue weighted by Gasteiger charge is 2.25. The topological polar surface area (TPSA) is 72.4 Å². The van der Waals surface area contributed by atoms with E-state index in [-0.39, 0.29) is 37.1 Å². The van der Waals surface area contributed by atoms with E-state index in [4.69, 9.17) is 10.2 Å². The molecule has 0 radical (unpaired) electrons. The molecule has 0 fully saturated rings. The maximum atomic E-state index is 12.9. The van der Waals surface area contributed by atoms with Crippen molar-refractivity contribution in [3.05, 3.63) is 52.0 Å². The number of nitrogens with two attached hydrogens (primary N) is 1. The van der Waals surface area contributed by atoms with Crippen LogP contribution in [0.1, 0.15) is 23.4 Å². The van der Waals surface area contributed by atoms with E-state index in [1.807, 2.05) is 46.8 Å². The maximum absolute atomic E-state index is 12.9. The summed E-state index contributed by atoms with van der Waals surface area (Å²) in [5.74, 6) is 1.30. The molecule has 144 valence electrons. The van der Waals surface area contributed by atoms with Crippen LogP contribution in [0.2, 0.25) is 0 Å². The molecular weight excluding hydrogens is 405 g/mol. The molecule has 0 unspecified atom stereocenters. The number of benzene rings is 1. The van der Waals surface area contributed by atoms with Crippen LogP contribution in [0.4, 0.5) is 11.4 Å². The van der Waals surface area contributed by atoms with Crippen molar-refractivity contribution in [2.24, 2.45) is 0 Å². The monoisotopic (exact) mass is 425 g/mol. The van der Waals surface area contributed by atoms with Gasteiger partial charge in [-0.1, -0.05) is 6.07 Å². The van der Waals surface area contributed by atoms with Gasteiger partial charge in [-0.15, -0.1) is 24.8 Å². The molecule has 0 atom stereocenters. The quantitative estimate of drug-likeness (QED) is 0.619. The number of amides is 1. The summed E-state index contributed by atoms with van der Waals surface area (Å²) < 4.78 is 5.74. The van der Waals surface area contributed by atoms with E-state index in [1.165, 1.54) is 0 Å². The lowest BCUT2D eigenvalue weighted by Gasteiger charge is -2.30. The largest absolute Gasteiger partial charge is 0.441 e. The standard InChI is InChI=1S/C19H19N3O2S.2ClH/c1-12-16(21-19(24-12)13-7-9-25-11-13)10-18(23)22-8-3-4-14-15(20)5-2-6-17(14)22;;/h2,5-7,9,11H,3-4,8,10,20H2,1H3;2*1H. The Morgan fingerprint density at radius 1 is 1.33 bits per heavy atom. The van der Waals surface area contributed by atoms with E-state index in [0.29, 0.717) is 23.9 Å². The molecule has 0 saturated carbocycles. The number of carbonyl (C=O) groups excluding carboxylic acids is 1. The van der Waals surface area contributed by atoms with Gasteiger partial charge in [-0.3, -0.25) is 4.79 Å². The highest BCUT2D eigenvalue weighted by molar-refractivity contribution is 7.08. The van der Waals surface area contributed by atoms with Gasteiger partial charge < -0.3 is 15.1 Å². The first kappa shape index (κ1) is 21.3. The van der Waals surface area contributed by atoms with Gasteiger partial charge in [0.1, 0.15) is 5.76 Å². The summed E-state index contributed by atoms with van der Waals surface area (Å²) in [5, 5.41) is 3.97. The zero-order valence-corrected chi connectivity index (χ0v) is 17.3. The molecule has 2 aromatic heterocycles. The second-order valence-electron chi connectivity index (χ2n) is 6.20. The molecule has 1 aliphatic rings. The van der Waals surface area contributed by atoms with Gasteiger partial charge in [-0.2, -0.15) is 11.3 Å². The Labute approximate surface area is 174 Å². The van der Waals surface area contributed by atoms with Gasteiger partial charge >= 0.3 is 0 Å². The zero-order chi connectivity index (χ0) is 17.4. The van der Waals surface area contributed by atoms with E-state index in [2.05, 4.69) is 4.98 Å². The van der Waals surface area contributed by atoms with Crippen LogP contribution in [0.15, 0.2) is 39.4 Å². The van der Waals surface area contributed by atoms with Crippen LogP contribution >= 0.6 is 36.2 Å². The van der Waals surface area contributed by atoms with Gasteiger partial charge in [0.15, 0.2) is 0 Å². The average molecular weight is 426 g/mol. The van der Waals surface area contributed by atoms with E-state index in [1.54, 1.807) is 11.3 Å². The number of hydrogen-bond acceptors (Lipinski definition) is 5. The molecule has 1 amide bonds. The number of aryl methyl sites for hydroxylation is 1. The van der Waals surface area contributed by atoms with Crippen molar-refractivity contribution in [3.63, 3.8) is 0 Å². The van der Waals surface area contributed by atoms with Crippen LogP contribution < -0.4 is 10.6 Å². The van der Waals surface area contributed by atoms with Crippen LogP contribution in [-0.4, -0.2) is 17.4 Å². The van der Waals surface area contributed by atoms with Crippen molar-refractivity contribution in [2.45, 2.75) is 26.2 Å². The van der Waals surface area contributed by atoms with Crippen LogP contribution in [0.25, 0.3) is 11.5 Å². The Bertz CT molecular complexity index is 925. The smallest absolute Gasteiger partial charge is 0.233 e. The molecule has 0 saturated heterocycles. The maximum Gasteiger partial charge on any atom is 0.233 e. The van der Waals surface area contributed by atoms with Gasteiger partial charge in [0, 0.05) is 28.9 Å². The van der Waals surface area contributed by atoms with Gasteiger partial charge in [-0.25, -0.2) is 4.98 Å². The average Bonchev–Trinajstić information content (AvgIpc) is 3.25. The van der Waals surface area contributed by atoms with Crippen molar-refractivity contribution in [2.75, 3.05) is 17.2 Å². The molecule has 0 spiro atoms.